The molecule has 0 saturated heterocycles. The number of benzene rings is 1. The Morgan fingerprint density at radius 2 is 2.16 bits per heavy atom. The molecule has 1 heterocycles. The number of nitrogens with two attached hydrogens (primary N) is 1. The third-order valence-corrected chi connectivity index (χ3v) is 2.93. The number of esters is 1. The van der Waals surface area contributed by atoms with Crippen molar-refractivity contribution in [3.8, 4) is 0 Å². The van der Waals surface area contributed by atoms with E-state index >= 15 is 0 Å². The van der Waals surface area contributed by atoms with Crippen molar-refractivity contribution in [2.75, 3.05) is 13.7 Å². The number of ether oxygens (including phenoxy) is 1. The summed E-state index contributed by atoms with van der Waals surface area (Å²) < 4.78 is 6.10. The van der Waals surface area contributed by atoms with Gasteiger partial charge in [0, 0.05) is 11.6 Å². The molecule has 0 bridgehead atoms. The van der Waals surface area contributed by atoms with E-state index in [1.165, 1.54) is 18.1 Å². The zero-order valence-electron chi connectivity index (χ0n) is 10.3. The summed E-state index contributed by atoms with van der Waals surface area (Å²) in [6, 6.07) is 7.07. The standard InChI is InChI=1S/C12H13ClN4O2/c1-19-12(18)11-15-7-17(16-11)10(6-14)8-2-4-9(13)5-3-8/h2-5,7,10H,6,14H2,1H3. The number of methoxy groups -OCH3 is 1. The molecule has 0 radical (unpaired) electrons. The van der Waals surface area contributed by atoms with E-state index in [-0.39, 0.29) is 11.9 Å². The molecule has 6 nitrogen and oxygen atoms in total. The number of carbonyl (C=O) groups excluding carboxylic acids is 1. The van der Waals surface area contributed by atoms with Gasteiger partial charge in [-0.05, 0) is 17.7 Å². The maximum Gasteiger partial charge on any atom is 0.377 e. The summed E-state index contributed by atoms with van der Waals surface area (Å²) in [7, 11) is 1.28. The average molecular weight is 281 g/mol. The molecule has 2 aromatic rings. The molecule has 0 fully saturated rings. The normalized spacial score (nSPS) is 12.2. The number of aromatic nitrogens is 3. The van der Waals surface area contributed by atoms with Crippen LogP contribution in [0.25, 0.3) is 0 Å². The van der Waals surface area contributed by atoms with Crippen molar-refractivity contribution in [1.29, 1.82) is 0 Å². The third-order valence-electron chi connectivity index (χ3n) is 2.67. The van der Waals surface area contributed by atoms with Gasteiger partial charge in [0.25, 0.3) is 5.82 Å². The molecular formula is C12H13ClN4O2. The van der Waals surface area contributed by atoms with Gasteiger partial charge in [-0.3, -0.25) is 0 Å². The predicted octanol–water partition coefficient (Wildman–Crippen LogP) is 1.27. The Bertz CT molecular complexity index is 567. The van der Waals surface area contributed by atoms with E-state index in [4.69, 9.17) is 17.3 Å². The number of carbonyl (C=O) groups is 1. The molecule has 0 saturated carbocycles. The molecule has 0 spiro atoms. The number of halogens is 1. The van der Waals surface area contributed by atoms with Crippen molar-refractivity contribution in [1.82, 2.24) is 14.8 Å². The summed E-state index contributed by atoms with van der Waals surface area (Å²) >= 11 is 5.84. The minimum absolute atomic E-state index is 0.00918. The summed E-state index contributed by atoms with van der Waals surface area (Å²) in [5.74, 6) is -0.569. The van der Waals surface area contributed by atoms with Crippen LogP contribution in [0.2, 0.25) is 5.02 Å². The average Bonchev–Trinajstić information content (AvgIpc) is 2.90. The van der Waals surface area contributed by atoms with Gasteiger partial charge >= 0.3 is 5.97 Å². The molecule has 1 aromatic heterocycles. The lowest BCUT2D eigenvalue weighted by atomic mass is 10.1. The van der Waals surface area contributed by atoms with Crippen LogP contribution < -0.4 is 5.73 Å². The molecule has 0 aliphatic carbocycles. The Morgan fingerprint density at radius 3 is 2.74 bits per heavy atom. The van der Waals surface area contributed by atoms with Crippen LogP contribution in [0, 0.1) is 0 Å². The van der Waals surface area contributed by atoms with Gasteiger partial charge in [0.05, 0.1) is 13.2 Å². The summed E-state index contributed by atoms with van der Waals surface area (Å²) in [6.45, 7) is 0.325. The summed E-state index contributed by atoms with van der Waals surface area (Å²) in [6.07, 6.45) is 1.46. The molecule has 1 unspecified atom stereocenters. The van der Waals surface area contributed by atoms with Crippen LogP contribution in [-0.2, 0) is 4.74 Å². The van der Waals surface area contributed by atoms with Crippen LogP contribution in [0.4, 0.5) is 0 Å². The Kier molecular flexibility index (Phi) is 4.13. The van der Waals surface area contributed by atoms with Crippen LogP contribution in [0.15, 0.2) is 30.6 Å². The highest BCUT2D eigenvalue weighted by atomic mass is 35.5. The number of hydrogen-bond donors (Lipinski definition) is 1. The van der Waals surface area contributed by atoms with Gasteiger partial charge in [-0.25, -0.2) is 14.5 Å². The fourth-order valence-electron chi connectivity index (χ4n) is 1.69. The molecule has 0 aliphatic heterocycles. The first kappa shape index (κ1) is 13.5. The van der Waals surface area contributed by atoms with E-state index in [1.807, 2.05) is 12.1 Å². The van der Waals surface area contributed by atoms with E-state index in [9.17, 15) is 4.79 Å². The lowest BCUT2D eigenvalue weighted by molar-refractivity contribution is 0.0586. The van der Waals surface area contributed by atoms with Gasteiger partial charge < -0.3 is 10.5 Å². The molecule has 2 rings (SSSR count). The second-order valence-corrected chi connectivity index (χ2v) is 4.28. The Morgan fingerprint density at radius 1 is 1.47 bits per heavy atom. The van der Waals surface area contributed by atoms with Crippen molar-refractivity contribution < 1.29 is 9.53 Å². The van der Waals surface area contributed by atoms with Gasteiger partial charge in [-0.1, -0.05) is 23.7 Å². The highest BCUT2D eigenvalue weighted by molar-refractivity contribution is 6.30. The van der Waals surface area contributed by atoms with Crippen LogP contribution in [0.1, 0.15) is 22.2 Å². The van der Waals surface area contributed by atoms with Crippen LogP contribution in [-0.4, -0.2) is 34.4 Å². The lowest BCUT2D eigenvalue weighted by Gasteiger charge is -2.15. The smallest absolute Gasteiger partial charge is 0.377 e. The van der Waals surface area contributed by atoms with Crippen molar-refractivity contribution in [2.24, 2.45) is 5.73 Å². The van der Waals surface area contributed by atoms with Crippen molar-refractivity contribution >= 4 is 17.6 Å². The monoisotopic (exact) mass is 280 g/mol. The van der Waals surface area contributed by atoms with E-state index in [0.717, 1.165) is 5.56 Å². The molecule has 1 aromatic carbocycles. The first-order valence-electron chi connectivity index (χ1n) is 5.60. The minimum atomic E-state index is -0.578. The predicted molar refractivity (Wildman–Crippen MR) is 70.0 cm³/mol. The van der Waals surface area contributed by atoms with Crippen molar-refractivity contribution in [2.45, 2.75) is 6.04 Å². The first-order valence-corrected chi connectivity index (χ1v) is 5.98. The molecule has 0 amide bonds. The third kappa shape index (κ3) is 2.91. The summed E-state index contributed by atoms with van der Waals surface area (Å²) in [5.41, 5.74) is 6.69. The van der Waals surface area contributed by atoms with Crippen LogP contribution >= 0.6 is 11.6 Å². The molecule has 1 atom stereocenters. The van der Waals surface area contributed by atoms with E-state index in [1.54, 1.807) is 12.1 Å². The lowest BCUT2D eigenvalue weighted by Crippen LogP contribution is -2.21. The number of hydrogen-bond acceptors (Lipinski definition) is 5. The molecule has 0 aliphatic rings. The SMILES string of the molecule is COC(=O)c1ncn(C(CN)c2ccc(Cl)cc2)n1. The Hall–Kier alpha value is -1.92. The number of nitrogens with zero attached hydrogens (tertiary/aromatic N) is 3. The quantitative estimate of drug-likeness (QED) is 0.853. The van der Waals surface area contributed by atoms with Gasteiger partial charge in [0.15, 0.2) is 0 Å². The highest BCUT2D eigenvalue weighted by Crippen LogP contribution is 2.18. The largest absolute Gasteiger partial charge is 0.463 e. The molecular weight excluding hydrogens is 268 g/mol. The molecule has 100 valence electrons. The van der Waals surface area contributed by atoms with Gasteiger partial charge in [-0.2, -0.15) is 0 Å². The molecule has 7 heteroatoms. The fraction of sp³-hybridized carbons (Fsp3) is 0.250. The first-order chi connectivity index (χ1) is 9.15. The van der Waals surface area contributed by atoms with Crippen molar-refractivity contribution in [3.63, 3.8) is 0 Å². The Labute approximate surface area is 115 Å². The van der Waals surface area contributed by atoms with E-state index < -0.39 is 5.97 Å². The summed E-state index contributed by atoms with van der Waals surface area (Å²) in [4.78, 5) is 15.2. The summed E-state index contributed by atoms with van der Waals surface area (Å²) in [5, 5.41) is 4.72. The van der Waals surface area contributed by atoms with Crippen LogP contribution in [0.3, 0.4) is 0 Å². The topological polar surface area (TPSA) is 83.0 Å². The van der Waals surface area contributed by atoms with Crippen LogP contribution in [0.5, 0.6) is 0 Å². The van der Waals surface area contributed by atoms with E-state index in [0.29, 0.717) is 11.6 Å². The highest BCUT2D eigenvalue weighted by Gasteiger charge is 2.17. The van der Waals surface area contributed by atoms with E-state index in [2.05, 4.69) is 14.8 Å². The Balaban J connectivity index is 2.29. The van der Waals surface area contributed by atoms with Crippen molar-refractivity contribution in [3.05, 3.63) is 47.0 Å². The van der Waals surface area contributed by atoms with Gasteiger partial charge in [0.1, 0.15) is 6.33 Å². The second kappa shape index (κ2) is 5.81. The molecule has 2 N–H and O–H groups in total. The van der Waals surface area contributed by atoms with Gasteiger partial charge in [0.2, 0.25) is 0 Å². The van der Waals surface area contributed by atoms with Gasteiger partial charge in [-0.15, -0.1) is 5.10 Å². The zero-order valence-corrected chi connectivity index (χ0v) is 11.0. The maximum atomic E-state index is 11.3. The maximum absolute atomic E-state index is 11.3. The minimum Gasteiger partial charge on any atom is -0.463 e. The fourth-order valence-corrected chi connectivity index (χ4v) is 1.82. The number of rotatable bonds is 4. The second-order valence-electron chi connectivity index (χ2n) is 3.84. The molecule has 19 heavy (non-hydrogen) atoms. The zero-order chi connectivity index (χ0) is 13.8.